The second kappa shape index (κ2) is 7.40. The molecule has 4 rings (SSSR count). The predicted octanol–water partition coefficient (Wildman–Crippen LogP) is 4.51. The molecule has 30 heavy (non-hydrogen) atoms. The Morgan fingerprint density at radius 1 is 1.17 bits per heavy atom. The van der Waals surface area contributed by atoms with Crippen LogP contribution in [-0.4, -0.2) is 40.2 Å². The highest BCUT2D eigenvalue weighted by molar-refractivity contribution is 6.31. The number of carbonyl (C=O) groups excluding carboxylic acids is 2. The van der Waals surface area contributed by atoms with Crippen molar-refractivity contribution in [1.82, 2.24) is 4.90 Å². The number of halogens is 1. The van der Waals surface area contributed by atoms with Crippen LogP contribution in [0.3, 0.4) is 0 Å². The Hall–Kier alpha value is -2.93. The van der Waals surface area contributed by atoms with Gasteiger partial charge in [0.1, 0.15) is 11.4 Å². The summed E-state index contributed by atoms with van der Waals surface area (Å²) in [5, 5.41) is 11.5. The normalized spacial score (nSPS) is 17.4. The summed E-state index contributed by atoms with van der Waals surface area (Å²) in [4.78, 5) is 37.8. The highest BCUT2D eigenvalue weighted by Crippen LogP contribution is 2.41. The third kappa shape index (κ3) is 3.54. The fraction of sp³-hybridized carbons (Fsp3) is 0.364. The zero-order chi connectivity index (χ0) is 21.6. The first kappa shape index (κ1) is 20.3. The number of ether oxygens (including phenoxy) is 1. The van der Waals surface area contributed by atoms with E-state index in [2.05, 4.69) is 0 Å². The molecule has 0 atom stereocenters. The molecule has 0 N–H and O–H groups in total. The number of nitro benzene ring substituents is 1. The second-order valence-corrected chi connectivity index (χ2v) is 8.44. The van der Waals surface area contributed by atoms with Gasteiger partial charge in [0.05, 0.1) is 16.9 Å². The molecule has 8 heteroatoms. The first-order valence-electron chi connectivity index (χ1n) is 9.76. The summed E-state index contributed by atoms with van der Waals surface area (Å²) in [6.07, 6.45) is 1.34. The van der Waals surface area contributed by atoms with Crippen LogP contribution in [0.15, 0.2) is 30.3 Å². The number of likely N-dealkylation sites (tertiary alicyclic amines) is 1. The lowest BCUT2D eigenvalue weighted by Crippen LogP contribution is -2.52. The number of carbonyl (C=O) groups is 2. The van der Waals surface area contributed by atoms with E-state index in [1.54, 1.807) is 30.0 Å². The van der Waals surface area contributed by atoms with E-state index in [0.29, 0.717) is 53.4 Å². The van der Waals surface area contributed by atoms with Gasteiger partial charge < -0.3 is 9.64 Å². The van der Waals surface area contributed by atoms with Gasteiger partial charge in [-0.15, -0.1) is 0 Å². The van der Waals surface area contributed by atoms with Crippen LogP contribution in [0, 0.1) is 24.0 Å². The molecular formula is C22H21ClN2O5. The maximum absolute atomic E-state index is 12.9. The average Bonchev–Trinajstić information content (AvgIpc) is 2.69. The Morgan fingerprint density at radius 2 is 1.87 bits per heavy atom. The van der Waals surface area contributed by atoms with Crippen LogP contribution in [0.25, 0.3) is 0 Å². The van der Waals surface area contributed by atoms with Gasteiger partial charge in [-0.1, -0.05) is 11.6 Å². The number of ketones is 1. The second-order valence-electron chi connectivity index (χ2n) is 8.03. The van der Waals surface area contributed by atoms with Crippen molar-refractivity contribution in [1.29, 1.82) is 0 Å². The minimum absolute atomic E-state index is 0.00363. The molecule has 7 nitrogen and oxygen atoms in total. The number of nitro groups is 1. The van der Waals surface area contributed by atoms with Gasteiger partial charge in [-0.25, -0.2) is 0 Å². The standard InChI is InChI=1S/C22H21ClN2O5/c1-13-10-20-16(11-17(13)23)19(26)12-22(30-20)5-7-24(8-6-22)21(27)15-3-4-18(25(28)29)14(2)9-15/h3-4,9-11H,5-8,12H2,1-2H3. The fourth-order valence-corrected chi connectivity index (χ4v) is 4.35. The van der Waals surface area contributed by atoms with Gasteiger partial charge in [-0.05, 0) is 43.7 Å². The topological polar surface area (TPSA) is 89.8 Å². The quantitative estimate of drug-likeness (QED) is 0.518. The van der Waals surface area contributed by atoms with E-state index < -0.39 is 10.5 Å². The molecule has 0 unspecified atom stereocenters. The van der Waals surface area contributed by atoms with Crippen molar-refractivity contribution in [3.63, 3.8) is 0 Å². The largest absolute Gasteiger partial charge is 0.486 e. The molecule has 1 saturated heterocycles. The third-order valence-electron chi connectivity index (χ3n) is 5.97. The molecule has 2 aromatic rings. The summed E-state index contributed by atoms with van der Waals surface area (Å²) >= 11 is 6.15. The Kier molecular flexibility index (Phi) is 5.02. The lowest BCUT2D eigenvalue weighted by Gasteiger charge is -2.44. The Bertz CT molecular complexity index is 1070. The highest BCUT2D eigenvalue weighted by atomic mass is 35.5. The summed E-state index contributed by atoms with van der Waals surface area (Å²) in [6.45, 7) is 4.38. The van der Waals surface area contributed by atoms with Crippen molar-refractivity contribution in [3.05, 3.63) is 67.7 Å². The van der Waals surface area contributed by atoms with E-state index in [1.165, 1.54) is 12.1 Å². The highest BCUT2D eigenvalue weighted by Gasteiger charge is 2.44. The first-order valence-corrected chi connectivity index (χ1v) is 10.1. The molecular weight excluding hydrogens is 408 g/mol. The Morgan fingerprint density at radius 3 is 2.50 bits per heavy atom. The average molecular weight is 429 g/mol. The number of hydrogen-bond donors (Lipinski definition) is 0. The summed E-state index contributed by atoms with van der Waals surface area (Å²) in [6, 6.07) is 7.86. The molecule has 0 aromatic heterocycles. The Balaban J connectivity index is 1.49. The lowest BCUT2D eigenvalue weighted by atomic mass is 9.82. The van der Waals surface area contributed by atoms with Crippen molar-refractivity contribution in [2.45, 2.75) is 38.7 Å². The van der Waals surface area contributed by atoms with Gasteiger partial charge >= 0.3 is 0 Å². The smallest absolute Gasteiger partial charge is 0.272 e. The minimum atomic E-state index is -0.619. The first-order chi connectivity index (χ1) is 14.2. The number of aryl methyl sites for hydroxylation is 2. The van der Waals surface area contributed by atoms with Gasteiger partial charge in [-0.3, -0.25) is 19.7 Å². The van der Waals surface area contributed by atoms with Crippen LogP contribution in [-0.2, 0) is 0 Å². The van der Waals surface area contributed by atoms with Crippen LogP contribution >= 0.6 is 11.6 Å². The van der Waals surface area contributed by atoms with Crippen LogP contribution < -0.4 is 4.74 Å². The van der Waals surface area contributed by atoms with Crippen molar-refractivity contribution < 1.29 is 19.2 Å². The number of nitrogens with zero attached hydrogens (tertiary/aromatic N) is 2. The van der Waals surface area contributed by atoms with Gasteiger partial charge in [0.2, 0.25) is 0 Å². The number of hydrogen-bond acceptors (Lipinski definition) is 5. The third-order valence-corrected chi connectivity index (χ3v) is 6.38. The number of rotatable bonds is 2. The summed E-state index contributed by atoms with van der Waals surface area (Å²) < 4.78 is 6.27. The van der Waals surface area contributed by atoms with Gasteiger partial charge in [0.25, 0.3) is 11.6 Å². The van der Waals surface area contributed by atoms with Gasteiger partial charge in [0, 0.05) is 48.1 Å². The van der Waals surface area contributed by atoms with Crippen LogP contribution in [0.5, 0.6) is 5.75 Å². The molecule has 1 spiro atoms. The van der Waals surface area contributed by atoms with Crippen molar-refractivity contribution in [3.8, 4) is 5.75 Å². The molecule has 156 valence electrons. The van der Waals surface area contributed by atoms with Crippen molar-refractivity contribution >= 4 is 29.0 Å². The van der Waals surface area contributed by atoms with E-state index >= 15 is 0 Å². The molecule has 1 amide bonds. The molecule has 2 aliphatic heterocycles. The zero-order valence-electron chi connectivity index (χ0n) is 16.7. The fourth-order valence-electron chi connectivity index (χ4n) is 4.19. The maximum atomic E-state index is 12.9. The molecule has 1 fully saturated rings. The molecule has 0 bridgehead atoms. The molecule has 2 heterocycles. The lowest BCUT2D eigenvalue weighted by molar-refractivity contribution is -0.385. The van der Waals surface area contributed by atoms with Gasteiger partial charge in [-0.2, -0.15) is 0 Å². The SMILES string of the molecule is Cc1cc2c(cc1Cl)C(=O)CC1(CCN(C(=O)c3ccc([N+](=O)[O-])c(C)c3)CC1)O2. The molecule has 0 aliphatic carbocycles. The maximum Gasteiger partial charge on any atom is 0.272 e. The summed E-state index contributed by atoms with van der Waals surface area (Å²) in [5.74, 6) is 0.385. The van der Waals surface area contributed by atoms with E-state index in [-0.39, 0.29) is 23.8 Å². The predicted molar refractivity (Wildman–Crippen MR) is 111 cm³/mol. The summed E-state index contributed by atoms with van der Waals surface area (Å²) in [5.41, 5.74) is 1.60. The van der Waals surface area contributed by atoms with Crippen LogP contribution in [0.2, 0.25) is 5.02 Å². The number of piperidine rings is 1. The van der Waals surface area contributed by atoms with E-state index in [4.69, 9.17) is 16.3 Å². The van der Waals surface area contributed by atoms with Crippen molar-refractivity contribution in [2.75, 3.05) is 13.1 Å². The zero-order valence-corrected chi connectivity index (χ0v) is 17.5. The monoisotopic (exact) mass is 428 g/mol. The van der Waals surface area contributed by atoms with Crippen LogP contribution in [0.1, 0.15) is 51.1 Å². The van der Waals surface area contributed by atoms with Crippen molar-refractivity contribution in [2.24, 2.45) is 0 Å². The summed E-state index contributed by atoms with van der Waals surface area (Å²) in [7, 11) is 0. The number of benzene rings is 2. The molecule has 0 saturated carbocycles. The number of amides is 1. The number of Topliss-reactive ketones (excluding diaryl/α,β-unsaturated/α-hetero) is 1. The van der Waals surface area contributed by atoms with Crippen LogP contribution in [0.4, 0.5) is 5.69 Å². The minimum Gasteiger partial charge on any atom is -0.486 e. The Labute approximate surface area is 178 Å². The van der Waals surface area contributed by atoms with E-state index in [9.17, 15) is 19.7 Å². The molecule has 0 radical (unpaired) electrons. The van der Waals surface area contributed by atoms with Gasteiger partial charge in [0.15, 0.2) is 5.78 Å². The van der Waals surface area contributed by atoms with E-state index in [1.807, 2.05) is 6.92 Å². The molecule has 2 aliphatic rings. The molecule has 2 aromatic carbocycles. The van der Waals surface area contributed by atoms with E-state index in [0.717, 1.165) is 5.56 Å². The number of fused-ring (bicyclic) bond motifs is 1.